The van der Waals surface area contributed by atoms with Gasteiger partial charge in [0.05, 0.1) is 10.8 Å². The number of ketones is 1. The van der Waals surface area contributed by atoms with Gasteiger partial charge in [0, 0.05) is 6.42 Å². The molecule has 1 aliphatic rings. The third-order valence-corrected chi connectivity index (χ3v) is 5.85. The molecule has 0 saturated carbocycles. The molecule has 1 atom stereocenters. The number of sulfone groups is 1. The molecule has 0 N–H and O–H groups in total. The summed E-state index contributed by atoms with van der Waals surface area (Å²) in [5.74, 6) is -1.05. The van der Waals surface area contributed by atoms with E-state index in [-0.39, 0.29) is 22.8 Å². The lowest BCUT2D eigenvalue weighted by atomic mass is 10.0. The molecule has 0 amide bonds. The first-order chi connectivity index (χ1) is 8.92. The molecule has 104 valence electrons. The summed E-state index contributed by atoms with van der Waals surface area (Å²) >= 11 is 5.63. The maximum atomic E-state index is 13.7. The van der Waals surface area contributed by atoms with E-state index < -0.39 is 26.7 Å². The van der Waals surface area contributed by atoms with Crippen LogP contribution in [0, 0.1) is 5.82 Å². The standard InChI is InChI=1S/C13H14ClFO3S/c14-10-5-3-4-9(13(10)15)8-11(16)12-6-1-2-7-19(12,17)18/h3-5,12H,1-2,6-8H2. The zero-order valence-electron chi connectivity index (χ0n) is 10.2. The number of carbonyl (C=O) groups is 1. The molecule has 6 heteroatoms. The van der Waals surface area contributed by atoms with Gasteiger partial charge in [0.25, 0.3) is 0 Å². The quantitative estimate of drug-likeness (QED) is 0.862. The van der Waals surface area contributed by atoms with Crippen LogP contribution in [0.2, 0.25) is 5.02 Å². The van der Waals surface area contributed by atoms with E-state index in [1.54, 1.807) is 6.07 Å². The van der Waals surface area contributed by atoms with Crippen LogP contribution >= 0.6 is 11.6 Å². The van der Waals surface area contributed by atoms with E-state index in [0.717, 1.165) is 0 Å². The Morgan fingerprint density at radius 3 is 2.79 bits per heavy atom. The molecular weight excluding hydrogens is 291 g/mol. The number of rotatable bonds is 3. The fourth-order valence-electron chi connectivity index (χ4n) is 2.30. The second-order valence-corrected chi connectivity index (χ2v) is 7.42. The van der Waals surface area contributed by atoms with E-state index in [0.29, 0.717) is 19.3 Å². The fraction of sp³-hybridized carbons (Fsp3) is 0.462. The first-order valence-electron chi connectivity index (χ1n) is 6.09. The van der Waals surface area contributed by atoms with Crippen LogP contribution in [-0.4, -0.2) is 25.2 Å². The second kappa shape index (κ2) is 5.59. The van der Waals surface area contributed by atoms with Gasteiger partial charge in [-0.25, -0.2) is 12.8 Å². The van der Waals surface area contributed by atoms with Crippen LogP contribution in [0.25, 0.3) is 0 Å². The van der Waals surface area contributed by atoms with E-state index in [9.17, 15) is 17.6 Å². The van der Waals surface area contributed by atoms with E-state index >= 15 is 0 Å². The minimum atomic E-state index is -3.37. The second-order valence-electron chi connectivity index (χ2n) is 4.71. The molecule has 0 aliphatic carbocycles. The molecule has 1 unspecified atom stereocenters. The molecule has 3 nitrogen and oxygen atoms in total. The lowest BCUT2D eigenvalue weighted by Gasteiger charge is -2.21. The topological polar surface area (TPSA) is 51.2 Å². The number of hydrogen-bond acceptors (Lipinski definition) is 3. The Bertz CT molecular complexity index is 598. The molecule has 1 aromatic carbocycles. The van der Waals surface area contributed by atoms with Gasteiger partial charge in [-0.05, 0) is 24.5 Å². The van der Waals surface area contributed by atoms with E-state index in [2.05, 4.69) is 0 Å². The fourth-order valence-corrected chi connectivity index (χ4v) is 4.40. The average molecular weight is 305 g/mol. The summed E-state index contributed by atoms with van der Waals surface area (Å²) in [6.45, 7) is 0. The van der Waals surface area contributed by atoms with Gasteiger partial charge in [-0.3, -0.25) is 4.79 Å². The van der Waals surface area contributed by atoms with Crippen molar-refractivity contribution in [3.63, 3.8) is 0 Å². The summed E-state index contributed by atoms with van der Waals surface area (Å²) in [6, 6.07) is 4.39. The predicted octanol–water partition coefficient (Wildman–Crippen LogP) is 2.56. The van der Waals surface area contributed by atoms with Gasteiger partial charge in [-0.15, -0.1) is 0 Å². The SMILES string of the molecule is O=C(Cc1cccc(Cl)c1F)C1CCCCS1(=O)=O. The highest BCUT2D eigenvalue weighted by molar-refractivity contribution is 7.92. The minimum absolute atomic E-state index is 0.0431. The van der Waals surface area contributed by atoms with Gasteiger partial charge in [-0.1, -0.05) is 30.2 Å². The van der Waals surface area contributed by atoms with Crippen molar-refractivity contribution < 1.29 is 17.6 Å². The van der Waals surface area contributed by atoms with Gasteiger partial charge >= 0.3 is 0 Å². The summed E-state index contributed by atoms with van der Waals surface area (Å²) in [6.07, 6.45) is 1.42. The molecule has 0 bridgehead atoms. The van der Waals surface area contributed by atoms with Crippen LogP contribution in [0.1, 0.15) is 24.8 Å². The minimum Gasteiger partial charge on any atom is -0.298 e. The maximum absolute atomic E-state index is 13.7. The van der Waals surface area contributed by atoms with Gasteiger partial charge in [0.1, 0.15) is 11.1 Å². The predicted molar refractivity (Wildman–Crippen MR) is 71.5 cm³/mol. The number of benzene rings is 1. The summed E-state index contributed by atoms with van der Waals surface area (Å²) in [7, 11) is -3.37. The van der Waals surface area contributed by atoms with Crippen LogP contribution in [0.15, 0.2) is 18.2 Å². The van der Waals surface area contributed by atoms with Gasteiger partial charge < -0.3 is 0 Å². The van der Waals surface area contributed by atoms with E-state index in [4.69, 9.17) is 11.6 Å². The smallest absolute Gasteiger partial charge is 0.160 e. The molecular formula is C13H14ClFO3S. The van der Waals surface area contributed by atoms with Crippen LogP contribution in [0.3, 0.4) is 0 Å². The number of hydrogen-bond donors (Lipinski definition) is 0. The molecule has 1 saturated heterocycles. The Hall–Kier alpha value is -0.940. The lowest BCUT2D eigenvalue weighted by molar-refractivity contribution is -0.118. The Labute approximate surface area is 116 Å². The number of Topliss-reactive ketones (excluding diaryl/α,β-unsaturated/α-hetero) is 1. The van der Waals surface area contributed by atoms with Crippen LogP contribution in [-0.2, 0) is 21.1 Å². The van der Waals surface area contributed by atoms with Crippen molar-refractivity contribution in [2.75, 3.05) is 5.75 Å². The van der Waals surface area contributed by atoms with Crippen molar-refractivity contribution in [2.45, 2.75) is 30.9 Å². The highest BCUT2D eigenvalue weighted by atomic mass is 35.5. The van der Waals surface area contributed by atoms with Crippen molar-refractivity contribution in [1.29, 1.82) is 0 Å². The molecule has 1 fully saturated rings. The molecule has 19 heavy (non-hydrogen) atoms. The first kappa shape index (κ1) is 14.5. The first-order valence-corrected chi connectivity index (χ1v) is 8.18. The molecule has 0 spiro atoms. The third-order valence-electron chi connectivity index (χ3n) is 3.33. The van der Waals surface area contributed by atoms with Crippen LogP contribution < -0.4 is 0 Å². The zero-order valence-corrected chi connectivity index (χ0v) is 11.8. The van der Waals surface area contributed by atoms with Crippen molar-refractivity contribution in [3.8, 4) is 0 Å². The summed E-state index contributed by atoms with van der Waals surface area (Å²) < 4.78 is 37.3. The zero-order chi connectivity index (χ0) is 14.0. The average Bonchev–Trinajstić information content (AvgIpc) is 2.34. The maximum Gasteiger partial charge on any atom is 0.160 e. The number of carbonyl (C=O) groups excluding carboxylic acids is 1. The Morgan fingerprint density at radius 1 is 1.37 bits per heavy atom. The molecule has 1 heterocycles. The molecule has 2 rings (SSSR count). The molecule has 0 aromatic heterocycles. The normalized spacial score (nSPS) is 22.1. The summed E-state index contributed by atoms with van der Waals surface area (Å²) in [5, 5.41) is -1.04. The Kier molecular flexibility index (Phi) is 4.26. The van der Waals surface area contributed by atoms with Crippen molar-refractivity contribution >= 4 is 27.2 Å². The largest absolute Gasteiger partial charge is 0.298 e. The summed E-state index contributed by atoms with van der Waals surface area (Å²) in [5.41, 5.74) is 0.151. The van der Waals surface area contributed by atoms with E-state index in [1.807, 2.05) is 0 Å². The monoisotopic (exact) mass is 304 g/mol. The van der Waals surface area contributed by atoms with Crippen molar-refractivity contribution in [3.05, 3.63) is 34.6 Å². The van der Waals surface area contributed by atoms with Gasteiger partial charge in [-0.2, -0.15) is 0 Å². The van der Waals surface area contributed by atoms with E-state index in [1.165, 1.54) is 12.1 Å². The van der Waals surface area contributed by atoms with Gasteiger partial charge in [0.2, 0.25) is 0 Å². The molecule has 0 radical (unpaired) electrons. The number of halogens is 2. The van der Waals surface area contributed by atoms with Crippen molar-refractivity contribution in [2.24, 2.45) is 0 Å². The Balaban J connectivity index is 2.19. The molecule has 1 aliphatic heterocycles. The van der Waals surface area contributed by atoms with Gasteiger partial charge in [0.15, 0.2) is 15.6 Å². The van der Waals surface area contributed by atoms with Crippen LogP contribution in [0.5, 0.6) is 0 Å². The lowest BCUT2D eigenvalue weighted by Crippen LogP contribution is -2.36. The molecule has 1 aromatic rings. The van der Waals surface area contributed by atoms with Crippen LogP contribution in [0.4, 0.5) is 4.39 Å². The third kappa shape index (κ3) is 3.15. The highest BCUT2D eigenvalue weighted by Crippen LogP contribution is 2.24. The highest BCUT2D eigenvalue weighted by Gasteiger charge is 2.34. The summed E-state index contributed by atoms with van der Waals surface area (Å²) in [4.78, 5) is 12.1. The van der Waals surface area contributed by atoms with Crippen molar-refractivity contribution in [1.82, 2.24) is 0 Å². The Morgan fingerprint density at radius 2 is 2.11 bits per heavy atom.